The van der Waals surface area contributed by atoms with Gasteiger partial charge < -0.3 is 21.1 Å². The minimum absolute atomic E-state index is 0.0138. The highest BCUT2D eigenvalue weighted by molar-refractivity contribution is 6.12. The highest BCUT2D eigenvalue weighted by Crippen LogP contribution is 2.36. The molecule has 0 saturated carbocycles. The van der Waals surface area contributed by atoms with Gasteiger partial charge in [-0.3, -0.25) is 19.2 Å². The standard InChI is InChI=1S/C38H43N3O5/c1-3-10-32(24-46-25-42)41-38(45)31(13-8-9-20-39)23-36(44)35(40-26(2)43)21-27-16-18-28(19-17-27)37-33-14-6-4-11-29(33)22-30-12-5-7-15-34(30)37/h3-7,11-12,14-19,22,25,31-32,35H,1,8-10,13,20-21,23-24,39H2,2H3,(H,40,43)(H,41,45)/p+1/t31-,32+,35+/m1/s1. The second kappa shape index (κ2) is 17.0. The highest BCUT2D eigenvalue weighted by atomic mass is 16.5. The van der Waals surface area contributed by atoms with Crippen molar-refractivity contribution in [1.29, 1.82) is 0 Å². The summed E-state index contributed by atoms with van der Waals surface area (Å²) in [6, 6.07) is 25.8. The summed E-state index contributed by atoms with van der Waals surface area (Å²) >= 11 is 0. The average molecular weight is 623 g/mol. The first kappa shape index (κ1) is 34.1. The molecule has 8 nitrogen and oxygen atoms in total. The Kier molecular flexibility index (Phi) is 12.6. The number of carbonyl (C=O) groups is 4. The minimum Gasteiger partial charge on any atom is -0.466 e. The third kappa shape index (κ3) is 9.11. The van der Waals surface area contributed by atoms with E-state index in [1.54, 1.807) is 6.08 Å². The van der Waals surface area contributed by atoms with Crippen LogP contribution >= 0.6 is 0 Å². The second-order valence-electron chi connectivity index (χ2n) is 11.7. The van der Waals surface area contributed by atoms with Gasteiger partial charge in [0.25, 0.3) is 6.47 Å². The van der Waals surface area contributed by atoms with Crippen molar-refractivity contribution >= 4 is 45.6 Å². The number of carbonyl (C=O) groups excluding carboxylic acids is 4. The largest absolute Gasteiger partial charge is 0.466 e. The first-order valence-corrected chi connectivity index (χ1v) is 15.9. The fourth-order valence-corrected chi connectivity index (χ4v) is 5.98. The number of nitrogens with one attached hydrogen (secondary N) is 2. The topological polar surface area (TPSA) is 129 Å². The fourth-order valence-electron chi connectivity index (χ4n) is 5.98. The molecule has 4 aromatic rings. The van der Waals surface area contributed by atoms with Crippen LogP contribution in [0.25, 0.3) is 32.7 Å². The van der Waals surface area contributed by atoms with Crippen molar-refractivity contribution in [1.82, 2.24) is 10.6 Å². The Bertz CT molecular complexity index is 1610. The molecular formula is C38H44N3O5+. The molecule has 0 fully saturated rings. The molecule has 0 aliphatic heterocycles. The van der Waals surface area contributed by atoms with E-state index in [0.717, 1.165) is 57.6 Å². The highest BCUT2D eigenvalue weighted by Gasteiger charge is 2.28. The summed E-state index contributed by atoms with van der Waals surface area (Å²) < 4.78 is 4.87. The SMILES string of the molecule is C=CC[C@@H](COC=O)NC(=O)[C@H](CCCC[NH3+])CC(=O)[C@H](Cc1ccc(-c2c3ccccc3cc3ccccc23)cc1)NC(C)=O. The van der Waals surface area contributed by atoms with Gasteiger partial charge in [-0.2, -0.15) is 0 Å². The Morgan fingerprint density at radius 1 is 0.913 bits per heavy atom. The van der Waals surface area contributed by atoms with Gasteiger partial charge in [-0.25, -0.2) is 0 Å². The third-order valence-electron chi connectivity index (χ3n) is 8.25. The molecule has 240 valence electrons. The van der Waals surface area contributed by atoms with Crippen molar-refractivity contribution in [2.75, 3.05) is 13.2 Å². The van der Waals surface area contributed by atoms with Crippen LogP contribution in [0.2, 0.25) is 0 Å². The van der Waals surface area contributed by atoms with Gasteiger partial charge in [0.1, 0.15) is 6.61 Å². The van der Waals surface area contributed by atoms with Crippen LogP contribution in [0.5, 0.6) is 0 Å². The first-order chi connectivity index (χ1) is 22.3. The normalized spacial score (nSPS) is 13.0. The van der Waals surface area contributed by atoms with E-state index in [0.29, 0.717) is 25.7 Å². The number of Topliss-reactive ketones (excluding diaryl/α,β-unsaturated/α-hetero) is 1. The summed E-state index contributed by atoms with van der Waals surface area (Å²) in [5.74, 6) is -1.40. The van der Waals surface area contributed by atoms with Crippen LogP contribution in [0.15, 0.2) is 91.5 Å². The molecule has 0 aliphatic rings. The molecular weight excluding hydrogens is 578 g/mol. The number of ketones is 1. The Morgan fingerprint density at radius 3 is 2.15 bits per heavy atom. The van der Waals surface area contributed by atoms with Crippen LogP contribution in [-0.4, -0.2) is 49.3 Å². The lowest BCUT2D eigenvalue weighted by atomic mass is 9.89. The van der Waals surface area contributed by atoms with Gasteiger partial charge in [0.05, 0.1) is 18.6 Å². The number of hydrogen-bond donors (Lipinski definition) is 3. The molecule has 0 heterocycles. The molecule has 0 aliphatic carbocycles. The Morgan fingerprint density at radius 2 is 1.57 bits per heavy atom. The number of amides is 2. The quantitative estimate of drug-likeness (QED) is 0.0628. The zero-order valence-electron chi connectivity index (χ0n) is 26.5. The van der Waals surface area contributed by atoms with Crippen molar-refractivity contribution in [2.45, 2.75) is 57.5 Å². The van der Waals surface area contributed by atoms with E-state index < -0.39 is 18.0 Å². The summed E-state index contributed by atoms with van der Waals surface area (Å²) in [4.78, 5) is 49.9. The van der Waals surface area contributed by atoms with Crippen LogP contribution in [0.3, 0.4) is 0 Å². The Labute approximate surface area is 270 Å². The maximum absolute atomic E-state index is 13.7. The van der Waals surface area contributed by atoms with Gasteiger partial charge in [-0.15, -0.1) is 6.58 Å². The lowest BCUT2D eigenvalue weighted by molar-refractivity contribution is -0.368. The van der Waals surface area contributed by atoms with Gasteiger partial charge in [0, 0.05) is 19.3 Å². The molecule has 0 aromatic heterocycles. The molecule has 0 unspecified atom stereocenters. The number of rotatable bonds is 18. The average Bonchev–Trinajstić information content (AvgIpc) is 3.05. The number of benzene rings is 4. The first-order valence-electron chi connectivity index (χ1n) is 15.9. The molecule has 0 saturated heterocycles. The molecule has 2 amide bonds. The molecule has 3 atom stereocenters. The van der Waals surface area contributed by atoms with Gasteiger partial charge in [0.2, 0.25) is 11.8 Å². The summed E-state index contributed by atoms with van der Waals surface area (Å²) in [5, 5.41) is 10.4. The molecule has 8 heteroatoms. The van der Waals surface area contributed by atoms with Gasteiger partial charge in [-0.1, -0.05) is 78.9 Å². The minimum atomic E-state index is -0.785. The lowest BCUT2D eigenvalue weighted by Crippen LogP contribution is -2.50. The van der Waals surface area contributed by atoms with E-state index in [4.69, 9.17) is 4.74 Å². The van der Waals surface area contributed by atoms with Crippen molar-refractivity contribution in [3.05, 3.63) is 97.1 Å². The zero-order chi connectivity index (χ0) is 32.9. The van der Waals surface area contributed by atoms with E-state index in [9.17, 15) is 19.2 Å². The number of quaternary nitrogens is 1. The molecule has 4 rings (SSSR count). The van der Waals surface area contributed by atoms with Crippen LogP contribution in [-0.2, 0) is 30.3 Å². The van der Waals surface area contributed by atoms with Crippen LogP contribution in [0.1, 0.15) is 44.6 Å². The van der Waals surface area contributed by atoms with Crippen molar-refractivity contribution in [3.63, 3.8) is 0 Å². The van der Waals surface area contributed by atoms with E-state index in [2.05, 4.69) is 65.4 Å². The van der Waals surface area contributed by atoms with Gasteiger partial charge >= 0.3 is 0 Å². The second-order valence-corrected chi connectivity index (χ2v) is 11.7. The zero-order valence-corrected chi connectivity index (χ0v) is 26.5. The smallest absolute Gasteiger partial charge is 0.293 e. The number of hydrogen-bond acceptors (Lipinski definition) is 5. The molecule has 46 heavy (non-hydrogen) atoms. The fraction of sp³-hybridized carbons (Fsp3) is 0.316. The lowest BCUT2D eigenvalue weighted by Gasteiger charge is -2.23. The maximum atomic E-state index is 13.7. The maximum Gasteiger partial charge on any atom is 0.293 e. The number of fused-ring (bicyclic) bond motifs is 2. The van der Waals surface area contributed by atoms with E-state index in [1.165, 1.54) is 6.92 Å². The van der Waals surface area contributed by atoms with E-state index in [-0.39, 0.29) is 30.6 Å². The predicted molar refractivity (Wildman–Crippen MR) is 182 cm³/mol. The third-order valence-corrected chi connectivity index (χ3v) is 8.25. The Hall–Kier alpha value is -4.82. The molecule has 0 spiro atoms. The molecule has 5 N–H and O–H groups in total. The summed E-state index contributed by atoms with van der Waals surface area (Å²) in [7, 11) is 0. The predicted octanol–water partition coefficient (Wildman–Crippen LogP) is 4.93. The summed E-state index contributed by atoms with van der Waals surface area (Å²) in [6.45, 7) is 6.19. The van der Waals surface area contributed by atoms with E-state index >= 15 is 0 Å². The summed E-state index contributed by atoms with van der Waals surface area (Å²) in [5.41, 5.74) is 7.00. The Balaban J connectivity index is 1.55. The van der Waals surface area contributed by atoms with Crippen LogP contribution < -0.4 is 16.4 Å². The van der Waals surface area contributed by atoms with Gasteiger partial charge in [0.15, 0.2) is 5.78 Å². The van der Waals surface area contributed by atoms with Crippen molar-refractivity contribution in [2.24, 2.45) is 5.92 Å². The van der Waals surface area contributed by atoms with Crippen LogP contribution in [0, 0.1) is 5.92 Å². The van der Waals surface area contributed by atoms with Crippen molar-refractivity contribution < 1.29 is 29.6 Å². The van der Waals surface area contributed by atoms with Crippen molar-refractivity contribution in [3.8, 4) is 11.1 Å². The summed E-state index contributed by atoms with van der Waals surface area (Å²) in [6.07, 6.45) is 4.40. The monoisotopic (exact) mass is 622 g/mol. The molecule has 4 aromatic carbocycles. The molecule has 0 radical (unpaired) electrons. The van der Waals surface area contributed by atoms with Gasteiger partial charge in [-0.05, 0) is 76.4 Å². The van der Waals surface area contributed by atoms with E-state index in [1.807, 2.05) is 36.4 Å². The number of ether oxygens (including phenoxy) is 1. The van der Waals surface area contributed by atoms with Crippen LogP contribution in [0.4, 0.5) is 0 Å². The molecule has 0 bridgehead atoms. The number of unbranched alkanes of at least 4 members (excludes halogenated alkanes) is 1.